The molecule has 91 valence electrons. The van der Waals surface area contributed by atoms with Crippen molar-refractivity contribution in [3.8, 4) is 0 Å². The van der Waals surface area contributed by atoms with Gasteiger partial charge in [0.2, 0.25) is 0 Å². The predicted octanol–water partition coefficient (Wildman–Crippen LogP) is 3.51. The van der Waals surface area contributed by atoms with Gasteiger partial charge in [0.25, 0.3) is 0 Å². The molecule has 2 rings (SSSR count). The molecule has 1 aromatic rings. The maximum atomic E-state index is 13.7. The van der Waals surface area contributed by atoms with Gasteiger partial charge < -0.3 is 4.90 Å². The summed E-state index contributed by atoms with van der Waals surface area (Å²) >= 11 is 0. The molecule has 0 fully saturated rings. The van der Waals surface area contributed by atoms with Gasteiger partial charge in [0.15, 0.2) is 0 Å². The van der Waals surface area contributed by atoms with Gasteiger partial charge >= 0.3 is 0 Å². The van der Waals surface area contributed by atoms with E-state index < -0.39 is 11.6 Å². The minimum absolute atomic E-state index is 0. The Morgan fingerprint density at radius 3 is 2.33 bits per heavy atom. The van der Waals surface area contributed by atoms with Crippen molar-refractivity contribution in [2.45, 2.75) is 6.92 Å². The zero-order valence-corrected chi connectivity index (χ0v) is 13.1. The molecule has 0 atom stereocenters. The van der Waals surface area contributed by atoms with E-state index in [0.717, 1.165) is 5.57 Å². The normalized spacial score (nSPS) is 14.9. The van der Waals surface area contributed by atoms with Crippen LogP contribution in [0.2, 0.25) is 0 Å². The van der Waals surface area contributed by atoms with Crippen molar-refractivity contribution in [3.63, 3.8) is 0 Å². The summed E-state index contributed by atoms with van der Waals surface area (Å²) in [5.41, 5.74) is 1.92. The van der Waals surface area contributed by atoms with Crippen LogP contribution in [0.3, 0.4) is 0 Å². The summed E-state index contributed by atoms with van der Waals surface area (Å²) in [6.07, 6.45) is 4.57. The average Bonchev–Trinajstić information content (AvgIpc) is 2.29. The molecule has 1 aliphatic heterocycles. The van der Waals surface area contributed by atoms with Crippen LogP contribution in [0, 0.1) is 17.7 Å². The Morgan fingerprint density at radius 2 is 1.78 bits per heavy atom. The molecule has 0 unspecified atom stereocenters. The minimum atomic E-state index is -0.597. The summed E-state index contributed by atoms with van der Waals surface area (Å²) in [4.78, 5) is 1.64. The minimum Gasteiger partial charge on any atom is -0.378 e. The zero-order chi connectivity index (χ0) is 12.6. The van der Waals surface area contributed by atoms with Crippen molar-refractivity contribution in [1.29, 1.82) is 0 Å². The van der Waals surface area contributed by atoms with E-state index in [2.05, 4.69) is 12.7 Å². The van der Waals surface area contributed by atoms with E-state index in [0.29, 0.717) is 11.4 Å². The predicted molar refractivity (Wildman–Crippen MR) is 63.7 cm³/mol. The van der Waals surface area contributed by atoms with Gasteiger partial charge in [0.1, 0.15) is 0 Å². The van der Waals surface area contributed by atoms with E-state index in [1.165, 1.54) is 18.2 Å². The second-order valence-corrected chi connectivity index (χ2v) is 3.92. The van der Waals surface area contributed by atoms with Crippen LogP contribution in [0.15, 0.2) is 42.1 Å². The first-order valence-electron chi connectivity index (χ1n) is 5.20. The van der Waals surface area contributed by atoms with Gasteiger partial charge in [0.05, 0.1) is 11.6 Å². The molecule has 1 nitrogen and oxygen atoms in total. The molecule has 0 spiro atoms. The molecule has 0 saturated heterocycles. The topological polar surface area (TPSA) is 3.24 Å². The molecule has 0 amide bonds. The maximum absolute atomic E-state index is 13.7. The first-order chi connectivity index (χ1) is 8.02. The first-order valence-corrected chi connectivity index (χ1v) is 5.20. The molecule has 0 aliphatic carbocycles. The van der Waals surface area contributed by atoms with E-state index in [1.807, 2.05) is 6.92 Å². The molecule has 0 aromatic heterocycles. The quantitative estimate of drug-likeness (QED) is 0.716. The largest absolute Gasteiger partial charge is 0.378 e. The van der Waals surface area contributed by atoms with Crippen LogP contribution in [0.25, 0.3) is 5.70 Å². The Kier molecular flexibility index (Phi) is 5.00. The number of benzene rings is 1. The fraction of sp³-hybridized carbons (Fsp3) is 0.143. The number of nitrogens with zero attached hydrogens (tertiary/aromatic N) is 1. The number of allylic oxidation sites excluding steroid dienone is 3. The van der Waals surface area contributed by atoms with Gasteiger partial charge in [-0.2, -0.15) is 12.2 Å². The van der Waals surface area contributed by atoms with Crippen molar-refractivity contribution >= 4 is 5.70 Å². The van der Waals surface area contributed by atoms with Crippen LogP contribution in [0.1, 0.15) is 12.5 Å². The number of hydrogen-bond acceptors (Lipinski definition) is 1. The third kappa shape index (κ3) is 2.62. The van der Waals surface area contributed by atoms with E-state index in [1.54, 1.807) is 18.0 Å². The summed E-state index contributed by atoms with van der Waals surface area (Å²) < 4.78 is 27.3. The Balaban J connectivity index is 0.00000162. The van der Waals surface area contributed by atoms with E-state index in [4.69, 9.17) is 0 Å². The first kappa shape index (κ1) is 15.3. The summed E-state index contributed by atoms with van der Waals surface area (Å²) in [6.45, 7) is 5.74. The van der Waals surface area contributed by atoms with Crippen LogP contribution < -0.4 is 0 Å². The van der Waals surface area contributed by atoms with Crippen molar-refractivity contribution in [1.82, 2.24) is 4.90 Å². The molecule has 0 saturated carbocycles. The van der Waals surface area contributed by atoms with Crippen molar-refractivity contribution < 1.29 is 41.5 Å². The van der Waals surface area contributed by atoms with Crippen molar-refractivity contribution in [2.75, 3.05) is 7.05 Å². The van der Waals surface area contributed by atoms with Gasteiger partial charge in [-0.1, -0.05) is 25.3 Å². The number of halogens is 2. The molecule has 18 heavy (non-hydrogen) atoms. The second kappa shape index (κ2) is 5.90. The molecule has 1 aliphatic rings. The molecule has 1 heterocycles. The smallest absolute Gasteiger partial charge is 0.0809 e. The molecule has 0 N–H and O–H groups in total. The Bertz CT molecular complexity index is 526. The molecule has 0 bridgehead atoms. The molecule has 1 radical (unpaired) electrons. The van der Waals surface area contributed by atoms with Gasteiger partial charge in [0, 0.05) is 39.8 Å². The van der Waals surface area contributed by atoms with Gasteiger partial charge in [-0.25, -0.2) is 8.78 Å². The molecular weight excluding hydrogens is 309 g/mol. The number of hydrogen-bond donors (Lipinski definition) is 0. The van der Waals surface area contributed by atoms with Gasteiger partial charge in [-0.3, -0.25) is 0 Å². The standard InChI is InChI=1S/C14H12F2N.Y/c1-9-7-8-13(17(3)10(9)2)14-11(15)5-4-6-12(14)16;/h4-7H,2H2,1,3H3;/q-1;. The average molecular weight is 321 g/mol. The second-order valence-electron chi connectivity index (χ2n) is 3.92. The van der Waals surface area contributed by atoms with Crippen LogP contribution in [-0.2, 0) is 32.7 Å². The number of likely N-dealkylation sites (N-methyl/N-ethyl adjacent to an activating group) is 1. The van der Waals surface area contributed by atoms with Crippen LogP contribution in [0.5, 0.6) is 0 Å². The third-order valence-corrected chi connectivity index (χ3v) is 2.82. The fourth-order valence-electron chi connectivity index (χ4n) is 1.72. The van der Waals surface area contributed by atoms with Gasteiger partial charge in [-0.05, 0) is 23.4 Å². The fourth-order valence-corrected chi connectivity index (χ4v) is 1.72. The Morgan fingerprint density at radius 1 is 1.22 bits per heavy atom. The molecular formula is C14H12F2NY-. The maximum Gasteiger partial charge on any atom is 0.0809 e. The van der Waals surface area contributed by atoms with Crippen LogP contribution in [-0.4, -0.2) is 11.9 Å². The SMILES string of the molecule is C=C1C(C)=C[C-]=C(c2c(F)cccc2F)N1C.[Y]. The van der Waals surface area contributed by atoms with E-state index >= 15 is 0 Å². The summed E-state index contributed by atoms with van der Waals surface area (Å²) in [7, 11) is 1.72. The van der Waals surface area contributed by atoms with E-state index in [9.17, 15) is 8.78 Å². The third-order valence-electron chi connectivity index (χ3n) is 2.82. The molecule has 1 aromatic carbocycles. The zero-order valence-electron chi connectivity index (χ0n) is 10.3. The van der Waals surface area contributed by atoms with Crippen LogP contribution >= 0.6 is 0 Å². The van der Waals surface area contributed by atoms with Crippen molar-refractivity contribution in [2.24, 2.45) is 0 Å². The summed E-state index contributed by atoms with van der Waals surface area (Å²) in [5.74, 6) is -1.19. The van der Waals surface area contributed by atoms with Crippen LogP contribution in [0.4, 0.5) is 8.78 Å². The van der Waals surface area contributed by atoms with Crippen molar-refractivity contribution in [3.05, 3.63) is 65.4 Å². The summed E-state index contributed by atoms with van der Waals surface area (Å²) in [5, 5.41) is 0. The Hall–Kier alpha value is -0.796. The molecule has 4 heteroatoms. The van der Waals surface area contributed by atoms with E-state index in [-0.39, 0.29) is 38.3 Å². The van der Waals surface area contributed by atoms with Gasteiger partial charge in [-0.15, -0.1) is 5.57 Å². The summed E-state index contributed by atoms with van der Waals surface area (Å²) in [6, 6.07) is 3.80. The number of rotatable bonds is 1. The monoisotopic (exact) mass is 321 g/mol. The Labute approximate surface area is 131 Å².